The van der Waals surface area contributed by atoms with Crippen molar-refractivity contribution >= 4 is 11.8 Å². The SMILES string of the molecule is O=[N+]([O-])C(N1ON=C(Oc2nonc2OC2=NON(C([N+](=O)[O-])[N+](=O)[O-])C2F)C1F)[N+](=O)[O-]. The molecule has 0 saturated carbocycles. The van der Waals surface area contributed by atoms with E-state index in [-0.39, 0.29) is 0 Å². The van der Waals surface area contributed by atoms with Gasteiger partial charge in [0, 0.05) is 0 Å². The van der Waals surface area contributed by atoms with Crippen molar-refractivity contribution in [3.63, 3.8) is 0 Å². The van der Waals surface area contributed by atoms with Crippen molar-refractivity contribution in [3.05, 3.63) is 40.5 Å². The number of alkyl halides is 2. The molecule has 2 aliphatic heterocycles. The molecule has 25 heteroatoms. The van der Waals surface area contributed by atoms with Crippen LogP contribution in [0.1, 0.15) is 0 Å². The summed E-state index contributed by atoms with van der Waals surface area (Å²) in [6.45, 7) is 0. The predicted molar refractivity (Wildman–Crippen MR) is 81.6 cm³/mol. The van der Waals surface area contributed by atoms with Crippen LogP contribution < -0.4 is 9.47 Å². The molecule has 0 aliphatic carbocycles. The van der Waals surface area contributed by atoms with Gasteiger partial charge in [-0.2, -0.15) is 0 Å². The average Bonchev–Trinajstić information content (AvgIpc) is 3.39. The van der Waals surface area contributed by atoms with Gasteiger partial charge in [0.25, 0.3) is 24.4 Å². The van der Waals surface area contributed by atoms with Crippen molar-refractivity contribution in [2.24, 2.45) is 10.3 Å². The number of nitro groups is 4. The minimum Gasteiger partial charge on any atom is -0.410 e. The van der Waals surface area contributed by atoms with E-state index in [1.807, 2.05) is 0 Å². The Morgan fingerprint density at radius 2 is 1.09 bits per heavy atom. The number of ether oxygens (including phenoxy) is 2. The fraction of sp³-hybridized carbons (Fsp3) is 0.500. The molecule has 3 heterocycles. The number of hydrogen-bond acceptors (Lipinski definition) is 19. The van der Waals surface area contributed by atoms with Crippen LogP contribution in [0.25, 0.3) is 0 Å². The average molecular weight is 486 g/mol. The molecule has 0 radical (unpaired) electrons. The minimum absolute atomic E-state index is 0.400. The highest BCUT2D eigenvalue weighted by Gasteiger charge is 2.55. The lowest BCUT2D eigenvalue weighted by Crippen LogP contribution is -2.49. The van der Waals surface area contributed by atoms with E-state index in [9.17, 15) is 49.2 Å². The Morgan fingerprint density at radius 3 is 1.39 bits per heavy atom. The first kappa shape index (κ1) is 22.7. The van der Waals surface area contributed by atoms with E-state index in [1.165, 1.54) is 0 Å². The quantitative estimate of drug-likeness (QED) is 0.170. The highest BCUT2D eigenvalue weighted by Crippen LogP contribution is 2.28. The molecule has 0 fully saturated rings. The molecule has 0 N–H and O–H groups in total. The molecule has 0 bridgehead atoms. The van der Waals surface area contributed by atoms with Gasteiger partial charge in [0.05, 0.1) is 10.1 Å². The Morgan fingerprint density at radius 1 is 0.758 bits per heavy atom. The van der Waals surface area contributed by atoms with Gasteiger partial charge in [-0.1, -0.05) is 0 Å². The van der Waals surface area contributed by atoms with E-state index >= 15 is 0 Å². The molecule has 33 heavy (non-hydrogen) atoms. The van der Waals surface area contributed by atoms with Gasteiger partial charge in [-0.3, -0.25) is 50.3 Å². The second-order valence-electron chi connectivity index (χ2n) is 5.33. The molecule has 178 valence electrons. The van der Waals surface area contributed by atoms with E-state index in [0.29, 0.717) is 0 Å². The van der Waals surface area contributed by atoms with Gasteiger partial charge in [0.15, 0.2) is 0 Å². The molecule has 2 atom stereocenters. The Kier molecular flexibility index (Phi) is 5.97. The largest absolute Gasteiger partial charge is 0.550 e. The monoisotopic (exact) mass is 486 g/mol. The van der Waals surface area contributed by atoms with Gasteiger partial charge in [-0.25, -0.2) is 13.4 Å². The van der Waals surface area contributed by atoms with Gasteiger partial charge in [0.2, 0.25) is 0 Å². The lowest BCUT2D eigenvalue weighted by Gasteiger charge is -2.13. The zero-order chi connectivity index (χ0) is 24.4. The van der Waals surface area contributed by atoms with Crippen LogP contribution in [0.3, 0.4) is 0 Å². The van der Waals surface area contributed by atoms with Crippen molar-refractivity contribution in [2.45, 2.75) is 25.2 Å². The van der Waals surface area contributed by atoms with Crippen molar-refractivity contribution in [3.8, 4) is 11.8 Å². The van der Waals surface area contributed by atoms with E-state index in [4.69, 9.17) is 9.47 Å². The smallest absolute Gasteiger partial charge is 0.410 e. The van der Waals surface area contributed by atoms with E-state index in [2.05, 4.69) is 35.1 Å². The summed E-state index contributed by atoms with van der Waals surface area (Å²) in [7, 11) is 0. The van der Waals surface area contributed by atoms with Gasteiger partial charge in [0.1, 0.15) is 19.7 Å². The van der Waals surface area contributed by atoms with Crippen LogP contribution in [0.2, 0.25) is 0 Å². The van der Waals surface area contributed by atoms with Crippen LogP contribution in [0.15, 0.2) is 14.9 Å². The maximum absolute atomic E-state index is 14.3. The summed E-state index contributed by atoms with van der Waals surface area (Å²) in [6.07, 6.45) is -11.5. The highest BCUT2D eigenvalue weighted by atomic mass is 19.1. The molecule has 0 amide bonds. The Labute approximate surface area is 173 Å². The standard InChI is InChI=1S/C8H4F2N10O13/c9-1-3(13-32-15(1)7(17(21)22)18(23)24)29-5-6(12-31-11-5)30-4-2(10)16(33-14-4)8(19(25)26)20(27)28/h1-2,7-8H. The van der Waals surface area contributed by atoms with Crippen molar-refractivity contribution in [2.75, 3.05) is 0 Å². The number of aromatic nitrogens is 2. The lowest BCUT2D eigenvalue weighted by atomic mass is 10.5. The summed E-state index contributed by atoms with van der Waals surface area (Å²) in [5.41, 5.74) is 0. The number of hydrogen-bond donors (Lipinski definition) is 0. The number of nitrogens with zero attached hydrogens (tertiary/aromatic N) is 10. The fourth-order valence-corrected chi connectivity index (χ4v) is 2.04. The first-order valence-electron chi connectivity index (χ1n) is 7.60. The third-order valence-electron chi connectivity index (χ3n) is 3.35. The minimum atomic E-state index is -2.92. The fourth-order valence-electron chi connectivity index (χ4n) is 2.04. The Hall–Kier alpha value is -4.94. The zero-order valence-electron chi connectivity index (χ0n) is 14.8. The van der Waals surface area contributed by atoms with Gasteiger partial charge < -0.3 is 9.47 Å². The summed E-state index contributed by atoms with van der Waals surface area (Å²) < 4.78 is 42.2. The van der Waals surface area contributed by atoms with E-state index < -0.39 is 78.5 Å². The lowest BCUT2D eigenvalue weighted by molar-refractivity contribution is -0.787. The second-order valence-corrected chi connectivity index (χ2v) is 5.33. The Bertz CT molecular complexity index is 940. The molecular formula is C8H4F2N10O13. The molecule has 2 aliphatic rings. The molecule has 0 spiro atoms. The zero-order valence-corrected chi connectivity index (χ0v) is 14.8. The number of oxime groups is 2. The first-order valence-corrected chi connectivity index (χ1v) is 7.60. The van der Waals surface area contributed by atoms with Crippen molar-refractivity contribution in [1.29, 1.82) is 0 Å². The van der Waals surface area contributed by atoms with Crippen LogP contribution >= 0.6 is 0 Å². The van der Waals surface area contributed by atoms with Crippen LogP contribution in [0.5, 0.6) is 11.8 Å². The third-order valence-corrected chi connectivity index (χ3v) is 3.35. The summed E-state index contributed by atoms with van der Waals surface area (Å²) in [5, 5.41) is 54.0. The number of hydroxylamine groups is 4. The molecule has 0 saturated heterocycles. The van der Waals surface area contributed by atoms with Crippen LogP contribution in [0.4, 0.5) is 8.78 Å². The summed E-state index contributed by atoms with van der Waals surface area (Å²) >= 11 is 0. The summed E-state index contributed by atoms with van der Waals surface area (Å²) in [5.74, 6) is -4.33. The van der Waals surface area contributed by atoms with Gasteiger partial charge in [-0.05, 0) is 20.6 Å². The predicted octanol–water partition coefficient (Wildman–Crippen LogP) is -1.79. The van der Waals surface area contributed by atoms with Gasteiger partial charge in [-0.15, -0.1) is 0 Å². The second kappa shape index (κ2) is 8.66. The molecule has 0 aromatic carbocycles. The normalized spacial score (nSPS) is 20.7. The van der Waals surface area contributed by atoms with Crippen LogP contribution in [0, 0.1) is 40.5 Å². The summed E-state index contributed by atoms with van der Waals surface area (Å²) in [6, 6.07) is 0. The molecule has 23 nitrogen and oxygen atoms in total. The van der Waals surface area contributed by atoms with E-state index in [1.54, 1.807) is 0 Å². The topological polar surface area (TPSA) is 280 Å². The third kappa shape index (κ3) is 4.27. The van der Waals surface area contributed by atoms with Gasteiger partial charge >= 0.3 is 24.3 Å². The molecule has 1 aromatic rings. The van der Waals surface area contributed by atoms with Crippen molar-refractivity contribution in [1.82, 2.24) is 20.4 Å². The van der Waals surface area contributed by atoms with Crippen LogP contribution in [-0.4, -0.2) is 77.1 Å². The number of rotatable bonds is 8. The van der Waals surface area contributed by atoms with E-state index in [0.717, 1.165) is 0 Å². The summed E-state index contributed by atoms with van der Waals surface area (Å²) in [4.78, 5) is 45.1. The molecule has 3 rings (SSSR count). The molecule has 1 aromatic heterocycles. The van der Waals surface area contributed by atoms with Crippen LogP contribution in [-0.2, 0) is 9.88 Å². The van der Waals surface area contributed by atoms with Crippen molar-refractivity contribution < 1.29 is 52.5 Å². The highest BCUT2D eigenvalue weighted by molar-refractivity contribution is 5.84. The maximum Gasteiger partial charge on any atom is 0.550 e. The Balaban J connectivity index is 1.69. The first-order chi connectivity index (χ1) is 15.5. The molecular weight excluding hydrogens is 482 g/mol. The molecule has 2 unspecified atom stereocenters. The number of halogens is 2. The maximum atomic E-state index is 14.3.